The molecule has 0 unspecified atom stereocenters. The summed E-state index contributed by atoms with van der Waals surface area (Å²) in [5.41, 5.74) is 1.17. The topological polar surface area (TPSA) is 79.5 Å². The number of hydrogen-bond donors (Lipinski definition) is 3. The van der Waals surface area contributed by atoms with E-state index in [4.69, 9.17) is 4.74 Å². The molecular formula is C22H21N3O3. The zero-order valence-electron chi connectivity index (χ0n) is 15.4. The Bertz CT molecular complexity index is 930. The van der Waals surface area contributed by atoms with Crippen LogP contribution >= 0.6 is 0 Å². The maximum Gasteiger partial charge on any atom is 0.319 e. The SMILES string of the molecule is C[C@@H](NC(=O)Nc1ccccc1)C(=O)Nc1ccccc1Oc1ccccc1. The maximum absolute atomic E-state index is 12.5. The number of amides is 3. The Morgan fingerprint density at radius 2 is 1.39 bits per heavy atom. The average Bonchev–Trinajstić information content (AvgIpc) is 2.71. The van der Waals surface area contributed by atoms with E-state index in [0.717, 1.165) is 0 Å². The second-order valence-electron chi connectivity index (χ2n) is 6.09. The number of benzene rings is 3. The van der Waals surface area contributed by atoms with Crippen molar-refractivity contribution in [3.63, 3.8) is 0 Å². The van der Waals surface area contributed by atoms with E-state index < -0.39 is 12.1 Å². The number of hydrogen-bond acceptors (Lipinski definition) is 3. The van der Waals surface area contributed by atoms with Crippen molar-refractivity contribution in [1.29, 1.82) is 0 Å². The van der Waals surface area contributed by atoms with Gasteiger partial charge >= 0.3 is 6.03 Å². The van der Waals surface area contributed by atoms with Gasteiger partial charge in [-0.25, -0.2) is 4.79 Å². The van der Waals surface area contributed by atoms with Crippen LogP contribution in [-0.2, 0) is 4.79 Å². The number of ether oxygens (including phenoxy) is 1. The molecule has 0 radical (unpaired) electrons. The number of urea groups is 1. The van der Waals surface area contributed by atoms with Crippen molar-refractivity contribution >= 4 is 23.3 Å². The number of para-hydroxylation sites is 4. The van der Waals surface area contributed by atoms with Gasteiger partial charge in [-0.2, -0.15) is 0 Å². The highest BCUT2D eigenvalue weighted by atomic mass is 16.5. The molecule has 0 aliphatic heterocycles. The van der Waals surface area contributed by atoms with Crippen LogP contribution in [0.2, 0.25) is 0 Å². The highest BCUT2D eigenvalue weighted by Gasteiger charge is 2.17. The van der Waals surface area contributed by atoms with Gasteiger partial charge in [0.05, 0.1) is 5.69 Å². The smallest absolute Gasteiger partial charge is 0.319 e. The van der Waals surface area contributed by atoms with Gasteiger partial charge in [-0.1, -0.05) is 48.5 Å². The predicted octanol–water partition coefficient (Wildman–Crippen LogP) is 4.63. The molecular weight excluding hydrogens is 354 g/mol. The molecule has 0 heterocycles. The first kappa shape index (κ1) is 19.0. The normalized spacial score (nSPS) is 11.2. The average molecular weight is 375 g/mol. The van der Waals surface area contributed by atoms with Crippen LogP contribution in [-0.4, -0.2) is 18.0 Å². The Hall–Kier alpha value is -3.80. The molecule has 3 rings (SSSR count). The molecule has 0 aliphatic rings. The number of rotatable bonds is 6. The summed E-state index contributed by atoms with van der Waals surface area (Å²) in [6.45, 7) is 1.61. The summed E-state index contributed by atoms with van der Waals surface area (Å²) in [7, 11) is 0. The zero-order valence-corrected chi connectivity index (χ0v) is 15.4. The Kier molecular flexibility index (Phi) is 6.25. The molecule has 0 saturated heterocycles. The predicted molar refractivity (Wildman–Crippen MR) is 110 cm³/mol. The molecule has 0 aromatic heterocycles. The summed E-state index contributed by atoms with van der Waals surface area (Å²) >= 11 is 0. The van der Waals surface area contributed by atoms with Crippen LogP contribution in [0.25, 0.3) is 0 Å². The minimum Gasteiger partial charge on any atom is -0.455 e. The van der Waals surface area contributed by atoms with Crippen molar-refractivity contribution in [1.82, 2.24) is 5.32 Å². The second-order valence-corrected chi connectivity index (χ2v) is 6.09. The fraction of sp³-hybridized carbons (Fsp3) is 0.0909. The third-order valence-corrected chi connectivity index (χ3v) is 3.89. The first-order chi connectivity index (χ1) is 13.6. The molecule has 0 fully saturated rings. The van der Waals surface area contributed by atoms with Crippen molar-refractivity contribution in [2.45, 2.75) is 13.0 Å². The van der Waals surface area contributed by atoms with E-state index in [9.17, 15) is 9.59 Å². The van der Waals surface area contributed by atoms with Crippen LogP contribution in [0, 0.1) is 0 Å². The van der Waals surface area contributed by atoms with Crippen LogP contribution in [0.4, 0.5) is 16.2 Å². The number of anilines is 2. The van der Waals surface area contributed by atoms with Crippen molar-refractivity contribution < 1.29 is 14.3 Å². The Morgan fingerprint density at radius 3 is 2.11 bits per heavy atom. The Labute approximate surface area is 163 Å². The van der Waals surface area contributed by atoms with Gasteiger partial charge in [0.2, 0.25) is 5.91 Å². The largest absolute Gasteiger partial charge is 0.455 e. The van der Waals surface area contributed by atoms with E-state index >= 15 is 0 Å². The van der Waals surface area contributed by atoms with Gasteiger partial charge in [0.1, 0.15) is 11.8 Å². The first-order valence-corrected chi connectivity index (χ1v) is 8.87. The lowest BCUT2D eigenvalue weighted by atomic mass is 10.2. The van der Waals surface area contributed by atoms with Crippen LogP contribution < -0.4 is 20.7 Å². The van der Waals surface area contributed by atoms with Gasteiger partial charge in [0.15, 0.2) is 5.75 Å². The molecule has 28 heavy (non-hydrogen) atoms. The van der Waals surface area contributed by atoms with Gasteiger partial charge < -0.3 is 20.7 Å². The number of carbonyl (C=O) groups excluding carboxylic acids is 2. The van der Waals surface area contributed by atoms with Crippen LogP contribution in [0.1, 0.15) is 6.92 Å². The molecule has 0 aliphatic carbocycles. The van der Waals surface area contributed by atoms with Crippen LogP contribution in [0.3, 0.4) is 0 Å². The minimum absolute atomic E-state index is 0.354. The molecule has 3 N–H and O–H groups in total. The molecule has 142 valence electrons. The second kappa shape index (κ2) is 9.23. The lowest BCUT2D eigenvalue weighted by Gasteiger charge is -2.17. The maximum atomic E-state index is 12.5. The van der Waals surface area contributed by atoms with E-state index in [1.165, 1.54) is 0 Å². The standard InChI is InChI=1S/C22H21N3O3/c1-16(23-22(27)24-17-10-4-2-5-11-17)21(26)25-19-14-8-9-15-20(19)28-18-12-6-3-7-13-18/h2-16H,1H3,(H,25,26)(H2,23,24,27)/t16-/m1/s1. The quantitative estimate of drug-likeness (QED) is 0.588. The Morgan fingerprint density at radius 1 is 0.786 bits per heavy atom. The monoisotopic (exact) mass is 375 g/mol. The van der Waals surface area contributed by atoms with E-state index in [-0.39, 0.29) is 5.91 Å². The summed E-state index contributed by atoms with van der Waals surface area (Å²) in [6, 6.07) is 24.2. The van der Waals surface area contributed by atoms with Crippen molar-refractivity contribution in [2.75, 3.05) is 10.6 Å². The summed E-state index contributed by atoms with van der Waals surface area (Å²) in [6.07, 6.45) is 0. The van der Waals surface area contributed by atoms with E-state index in [1.54, 1.807) is 37.3 Å². The third-order valence-electron chi connectivity index (χ3n) is 3.89. The van der Waals surface area contributed by atoms with Crippen molar-refractivity contribution in [2.24, 2.45) is 0 Å². The molecule has 6 nitrogen and oxygen atoms in total. The molecule has 0 spiro atoms. The first-order valence-electron chi connectivity index (χ1n) is 8.87. The van der Waals surface area contributed by atoms with Gasteiger partial charge in [-0.3, -0.25) is 4.79 Å². The molecule has 0 saturated carbocycles. The van der Waals surface area contributed by atoms with Crippen LogP contribution in [0.15, 0.2) is 84.9 Å². The molecule has 3 aromatic carbocycles. The number of carbonyl (C=O) groups is 2. The van der Waals surface area contributed by atoms with E-state index in [1.807, 2.05) is 54.6 Å². The molecule has 0 bridgehead atoms. The molecule has 6 heteroatoms. The lowest BCUT2D eigenvalue weighted by molar-refractivity contribution is -0.117. The zero-order chi connectivity index (χ0) is 19.8. The third kappa shape index (κ3) is 5.35. The lowest BCUT2D eigenvalue weighted by Crippen LogP contribution is -2.43. The van der Waals surface area contributed by atoms with Gasteiger partial charge in [-0.15, -0.1) is 0 Å². The van der Waals surface area contributed by atoms with Gasteiger partial charge in [0.25, 0.3) is 0 Å². The summed E-state index contributed by atoms with van der Waals surface area (Å²) < 4.78 is 5.84. The van der Waals surface area contributed by atoms with E-state index in [2.05, 4.69) is 16.0 Å². The highest BCUT2D eigenvalue weighted by molar-refractivity contribution is 5.99. The summed E-state index contributed by atoms with van der Waals surface area (Å²) in [5.74, 6) is 0.827. The molecule has 1 atom stereocenters. The van der Waals surface area contributed by atoms with E-state index in [0.29, 0.717) is 22.9 Å². The molecule has 3 aromatic rings. The van der Waals surface area contributed by atoms with Gasteiger partial charge in [-0.05, 0) is 43.3 Å². The fourth-order valence-corrected chi connectivity index (χ4v) is 2.47. The minimum atomic E-state index is -0.742. The summed E-state index contributed by atoms with van der Waals surface area (Å²) in [5, 5.41) is 8.09. The van der Waals surface area contributed by atoms with Crippen molar-refractivity contribution in [3.05, 3.63) is 84.9 Å². The number of nitrogens with one attached hydrogen (secondary N) is 3. The molecule has 3 amide bonds. The Balaban J connectivity index is 1.60. The fourth-order valence-electron chi connectivity index (χ4n) is 2.47. The van der Waals surface area contributed by atoms with Crippen molar-refractivity contribution in [3.8, 4) is 11.5 Å². The summed E-state index contributed by atoms with van der Waals surface area (Å²) in [4.78, 5) is 24.6. The van der Waals surface area contributed by atoms with Gasteiger partial charge in [0, 0.05) is 5.69 Å². The highest BCUT2D eigenvalue weighted by Crippen LogP contribution is 2.29. The van der Waals surface area contributed by atoms with Crippen LogP contribution in [0.5, 0.6) is 11.5 Å².